The van der Waals surface area contributed by atoms with Crippen LogP contribution in [0.4, 0.5) is 13.2 Å². The Hall–Kier alpha value is -0.880. The van der Waals surface area contributed by atoms with Crippen molar-refractivity contribution in [3.8, 4) is 0 Å². The molecule has 10 heteroatoms. The topological polar surface area (TPSA) is 49.3 Å². The molecule has 0 aromatic carbocycles. The number of thiophene rings is 1. The van der Waals surface area contributed by atoms with Gasteiger partial charge < -0.3 is 10.6 Å². The maximum atomic E-state index is 12.5. The van der Waals surface area contributed by atoms with Gasteiger partial charge in [0.1, 0.15) is 0 Å². The molecule has 0 saturated heterocycles. The highest BCUT2D eigenvalue weighted by Gasteiger charge is 2.33. The summed E-state index contributed by atoms with van der Waals surface area (Å²) in [5, 5.41) is 9.92. The van der Waals surface area contributed by atoms with Crippen molar-refractivity contribution in [2.24, 2.45) is 4.99 Å². The van der Waals surface area contributed by atoms with E-state index < -0.39 is 11.9 Å². The summed E-state index contributed by atoms with van der Waals surface area (Å²) in [4.78, 5) is 9.04. The maximum Gasteiger partial charge on any atom is 0.434 e. The highest BCUT2D eigenvalue weighted by molar-refractivity contribution is 14.0. The largest absolute Gasteiger partial charge is 0.434 e. The normalized spacial score (nSPS) is 12.6. The zero-order valence-electron chi connectivity index (χ0n) is 14.7. The predicted octanol–water partition coefficient (Wildman–Crippen LogP) is 4.53. The lowest BCUT2D eigenvalue weighted by atomic mass is 9.91. The minimum absolute atomic E-state index is 0. The van der Waals surface area contributed by atoms with Crippen LogP contribution in [0, 0.1) is 0 Å². The summed E-state index contributed by atoms with van der Waals surface area (Å²) >= 11 is 2.73. The quantitative estimate of drug-likeness (QED) is 0.336. The number of hydrogen-bond donors (Lipinski definition) is 2. The predicted molar refractivity (Wildman–Crippen MR) is 113 cm³/mol. The Morgan fingerprint density at radius 2 is 1.96 bits per heavy atom. The van der Waals surface area contributed by atoms with E-state index in [9.17, 15) is 13.2 Å². The molecule has 2 aromatic heterocycles. The number of nitrogens with one attached hydrogen (secondary N) is 2. The second-order valence-corrected chi connectivity index (χ2v) is 7.98. The molecule has 0 fully saturated rings. The smallest absolute Gasteiger partial charge is 0.356 e. The summed E-state index contributed by atoms with van der Waals surface area (Å²) in [7, 11) is 1.67. The fourth-order valence-electron chi connectivity index (χ4n) is 2.12. The molecule has 26 heavy (non-hydrogen) atoms. The number of nitrogens with zero attached hydrogens (tertiary/aromatic N) is 2. The van der Waals surface area contributed by atoms with Crippen LogP contribution >= 0.6 is 46.7 Å². The van der Waals surface area contributed by atoms with E-state index in [4.69, 9.17) is 0 Å². The number of aromatic nitrogens is 1. The maximum absolute atomic E-state index is 12.5. The molecule has 2 N–H and O–H groups in total. The number of guanidine groups is 1. The van der Waals surface area contributed by atoms with Crippen LogP contribution < -0.4 is 10.6 Å². The molecule has 146 valence electrons. The minimum atomic E-state index is -4.38. The van der Waals surface area contributed by atoms with Gasteiger partial charge in [0.05, 0.1) is 5.01 Å². The van der Waals surface area contributed by atoms with Gasteiger partial charge in [0.25, 0.3) is 0 Å². The first-order valence-electron chi connectivity index (χ1n) is 7.72. The Balaban J connectivity index is 0.00000338. The molecular formula is C16H22F3IN4S2. The summed E-state index contributed by atoms with van der Waals surface area (Å²) in [6.45, 7) is 5.45. The van der Waals surface area contributed by atoms with Crippen molar-refractivity contribution < 1.29 is 13.2 Å². The summed E-state index contributed by atoms with van der Waals surface area (Å²) in [5.41, 5.74) is -0.865. The SMILES string of the molecule is CN=C(NCCc1nc(C(F)(F)F)cs1)NCC(C)(C)c1cccs1.I. The summed E-state index contributed by atoms with van der Waals surface area (Å²) in [6.07, 6.45) is -3.97. The lowest BCUT2D eigenvalue weighted by Gasteiger charge is -2.25. The van der Waals surface area contributed by atoms with Crippen molar-refractivity contribution in [2.45, 2.75) is 31.9 Å². The number of rotatable bonds is 6. The molecule has 0 atom stereocenters. The van der Waals surface area contributed by atoms with Gasteiger partial charge in [0.15, 0.2) is 11.7 Å². The molecule has 0 unspecified atom stereocenters. The van der Waals surface area contributed by atoms with E-state index in [1.165, 1.54) is 4.88 Å². The number of hydrogen-bond acceptors (Lipinski definition) is 4. The van der Waals surface area contributed by atoms with Gasteiger partial charge >= 0.3 is 6.18 Å². The van der Waals surface area contributed by atoms with Crippen LogP contribution in [0.15, 0.2) is 27.9 Å². The summed E-state index contributed by atoms with van der Waals surface area (Å²) in [6, 6.07) is 4.13. The Bertz CT molecular complexity index is 697. The van der Waals surface area contributed by atoms with Crippen molar-refractivity contribution >= 4 is 52.6 Å². The van der Waals surface area contributed by atoms with Gasteiger partial charge in [-0.2, -0.15) is 13.2 Å². The van der Waals surface area contributed by atoms with Crippen LogP contribution in [0.25, 0.3) is 0 Å². The van der Waals surface area contributed by atoms with Gasteiger partial charge in [-0.15, -0.1) is 46.7 Å². The van der Waals surface area contributed by atoms with Crippen molar-refractivity contribution in [3.63, 3.8) is 0 Å². The zero-order chi connectivity index (χ0) is 18.5. The number of thiazole rings is 1. The van der Waals surface area contributed by atoms with E-state index >= 15 is 0 Å². The molecule has 0 spiro atoms. The van der Waals surface area contributed by atoms with Gasteiger partial charge in [-0.1, -0.05) is 19.9 Å². The molecule has 0 bridgehead atoms. The molecular weight excluding hydrogens is 496 g/mol. The zero-order valence-corrected chi connectivity index (χ0v) is 18.6. The molecule has 4 nitrogen and oxygen atoms in total. The monoisotopic (exact) mass is 518 g/mol. The molecule has 0 amide bonds. The van der Waals surface area contributed by atoms with Crippen LogP contribution in [0.1, 0.15) is 29.4 Å². The van der Waals surface area contributed by atoms with E-state index in [1.807, 2.05) is 11.4 Å². The van der Waals surface area contributed by atoms with Crippen LogP contribution in [0.2, 0.25) is 0 Å². The van der Waals surface area contributed by atoms with E-state index in [2.05, 4.69) is 40.5 Å². The standard InChI is InChI=1S/C16H21F3N4S2.HI/c1-15(2,12-5-4-8-24-12)10-22-14(20-3)21-7-6-13-23-11(9-25-13)16(17,18)19;/h4-5,8-9H,6-7,10H2,1-3H3,(H2,20,21,22);1H. The third-order valence-corrected chi connectivity index (χ3v) is 5.73. The first-order chi connectivity index (χ1) is 11.7. The lowest BCUT2D eigenvalue weighted by Crippen LogP contribution is -2.43. The van der Waals surface area contributed by atoms with E-state index in [0.717, 1.165) is 16.7 Å². The van der Waals surface area contributed by atoms with Crippen LogP contribution in [-0.2, 0) is 18.0 Å². The van der Waals surface area contributed by atoms with Gasteiger partial charge in [-0.25, -0.2) is 4.98 Å². The van der Waals surface area contributed by atoms with E-state index in [1.54, 1.807) is 18.4 Å². The van der Waals surface area contributed by atoms with E-state index in [-0.39, 0.29) is 29.4 Å². The third-order valence-electron chi connectivity index (χ3n) is 3.58. The third kappa shape index (κ3) is 6.69. The highest BCUT2D eigenvalue weighted by Crippen LogP contribution is 2.30. The van der Waals surface area contributed by atoms with Crippen LogP contribution in [0.5, 0.6) is 0 Å². The first-order valence-corrected chi connectivity index (χ1v) is 9.48. The fourth-order valence-corrected chi connectivity index (χ4v) is 3.78. The molecule has 0 aliphatic rings. The van der Waals surface area contributed by atoms with Crippen LogP contribution in [-0.4, -0.2) is 31.1 Å². The molecule has 0 saturated carbocycles. The van der Waals surface area contributed by atoms with Gasteiger partial charge in [-0.3, -0.25) is 4.99 Å². The second kappa shape index (κ2) is 9.88. The van der Waals surface area contributed by atoms with Gasteiger partial charge in [0, 0.05) is 42.2 Å². The summed E-state index contributed by atoms with van der Waals surface area (Å²) < 4.78 is 37.6. The van der Waals surface area contributed by atoms with Gasteiger partial charge in [0.2, 0.25) is 0 Å². The molecule has 0 aliphatic carbocycles. The highest BCUT2D eigenvalue weighted by atomic mass is 127. The first kappa shape index (κ1) is 23.2. The Kier molecular flexibility index (Phi) is 8.80. The van der Waals surface area contributed by atoms with Crippen molar-refractivity contribution in [1.82, 2.24) is 15.6 Å². The molecule has 2 rings (SSSR count). The van der Waals surface area contributed by atoms with E-state index in [0.29, 0.717) is 30.5 Å². The number of halogens is 4. The minimum Gasteiger partial charge on any atom is -0.356 e. The molecule has 2 aromatic rings. The second-order valence-electron chi connectivity index (χ2n) is 6.09. The number of aliphatic imine (C=N–C) groups is 1. The van der Waals surface area contributed by atoms with Gasteiger partial charge in [-0.05, 0) is 11.4 Å². The number of alkyl halides is 3. The summed E-state index contributed by atoms with van der Waals surface area (Å²) in [5.74, 6) is 0.622. The van der Waals surface area contributed by atoms with Crippen LogP contribution in [0.3, 0.4) is 0 Å². The van der Waals surface area contributed by atoms with Crippen molar-refractivity contribution in [1.29, 1.82) is 0 Å². The average Bonchev–Trinajstić information content (AvgIpc) is 3.21. The molecule has 0 aliphatic heterocycles. The Labute approximate surface area is 176 Å². The Morgan fingerprint density at radius 1 is 1.23 bits per heavy atom. The molecule has 0 radical (unpaired) electrons. The lowest BCUT2D eigenvalue weighted by molar-refractivity contribution is -0.140. The fraction of sp³-hybridized carbons (Fsp3) is 0.500. The van der Waals surface area contributed by atoms with Crippen molar-refractivity contribution in [3.05, 3.63) is 38.5 Å². The average molecular weight is 518 g/mol. The molecule has 2 heterocycles. The van der Waals surface area contributed by atoms with Crippen molar-refractivity contribution in [2.75, 3.05) is 20.1 Å². The Morgan fingerprint density at radius 3 is 2.50 bits per heavy atom.